The van der Waals surface area contributed by atoms with Crippen LogP contribution < -0.4 is 5.73 Å². The second kappa shape index (κ2) is 10.1. The van der Waals surface area contributed by atoms with Crippen LogP contribution in [0.25, 0.3) is 27.7 Å². The lowest BCUT2D eigenvalue weighted by Gasteiger charge is -2.40. The number of carboxylic acid groups (broad SMARTS) is 1. The number of hydrogen-bond donors (Lipinski definition) is 4. The fourth-order valence-electron chi connectivity index (χ4n) is 5.67. The number of aromatic nitrogens is 1. The normalized spacial score (nSPS) is 19.2. The van der Waals surface area contributed by atoms with Crippen LogP contribution >= 0.6 is 0 Å². The summed E-state index contributed by atoms with van der Waals surface area (Å²) in [5.41, 5.74) is 3.28. The first-order valence-corrected chi connectivity index (χ1v) is 12.4. The van der Waals surface area contributed by atoms with E-state index >= 15 is 8.78 Å². The number of methoxy groups -OCH3 is 1. The Kier molecular flexibility index (Phi) is 6.89. The molecule has 11 heteroatoms. The lowest BCUT2D eigenvalue weighted by atomic mass is 9.77. The van der Waals surface area contributed by atoms with E-state index in [0.29, 0.717) is 31.4 Å². The van der Waals surface area contributed by atoms with Crippen LogP contribution in [-0.2, 0) is 10.3 Å². The molecule has 1 saturated carbocycles. The van der Waals surface area contributed by atoms with Gasteiger partial charge in [-0.2, -0.15) is 0 Å². The molecule has 1 aliphatic carbocycles. The van der Waals surface area contributed by atoms with Crippen molar-refractivity contribution in [3.63, 3.8) is 0 Å². The minimum Gasteiger partial charge on any atom is -0.478 e. The first-order valence-electron chi connectivity index (χ1n) is 12.4. The van der Waals surface area contributed by atoms with Crippen molar-refractivity contribution < 1.29 is 37.3 Å². The fraction of sp³-hybridized carbons (Fsp3) is 0.241. The number of halogens is 4. The molecule has 0 aliphatic heterocycles. The summed E-state index contributed by atoms with van der Waals surface area (Å²) in [6, 6.07) is 7.64. The molecule has 4 aromatic rings. The molecule has 1 fully saturated rings. The molecule has 1 aromatic heterocycles. The number of rotatable bonds is 6. The predicted molar refractivity (Wildman–Crippen MR) is 141 cm³/mol. The molecule has 0 saturated heterocycles. The topological polar surface area (TPSA) is 122 Å². The third-order valence-electron chi connectivity index (χ3n) is 7.57. The number of carbonyl (C=O) groups is 1. The lowest BCUT2D eigenvalue weighted by molar-refractivity contribution is -0.125. The second-order valence-corrected chi connectivity index (χ2v) is 9.79. The number of aromatic carboxylic acids is 1. The Balaban J connectivity index is 2.04. The summed E-state index contributed by atoms with van der Waals surface area (Å²) >= 11 is 0. The van der Waals surface area contributed by atoms with Crippen molar-refractivity contribution in [2.75, 3.05) is 12.8 Å². The number of anilines is 1. The van der Waals surface area contributed by atoms with Crippen molar-refractivity contribution in [2.45, 2.75) is 37.4 Å². The Morgan fingerprint density at radius 3 is 2.40 bits per heavy atom. The van der Waals surface area contributed by atoms with Crippen LogP contribution in [0.3, 0.4) is 0 Å². The van der Waals surface area contributed by atoms with Crippen LogP contribution in [-0.4, -0.2) is 40.2 Å². The van der Waals surface area contributed by atoms with E-state index in [2.05, 4.69) is 0 Å². The van der Waals surface area contributed by atoms with Gasteiger partial charge in [0, 0.05) is 42.0 Å². The van der Waals surface area contributed by atoms with Gasteiger partial charge < -0.3 is 30.7 Å². The van der Waals surface area contributed by atoms with E-state index in [1.165, 1.54) is 37.4 Å². The number of aliphatic hydroxyl groups is 1. The molecule has 3 aromatic carbocycles. The van der Waals surface area contributed by atoms with E-state index in [4.69, 9.17) is 15.9 Å². The number of nitrogens with zero attached hydrogens (tertiary/aromatic N) is 1. The van der Waals surface area contributed by atoms with Crippen LogP contribution in [0.4, 0.5) is 23.2 Å². The number of hydrogen-bond acceptors (Lipinski definition) is 5. The number of nitrogen functional groups attached to an aromatic ring is 1. The van der Waals surface area contributed by atoms with E-state index in [1.807, 2.05) is 0 Å². The van der Waals surface area contributed by atoms with Crippen molar-refractivity contribution in [2.24, 2.45) is 0 Å². The zero-order valence-electron chi connectivity index (χ0n) is 21.3. The fourth-order valence-corrected chi connectivity index (χ4v) is 5.67. The van der Waals surface area contributed by atoms with Gasteiger partial charge in [-0.3, -0.25) is 0 Å². The minimum absolute atomic E-state index is 0.0447. The highest BCUT2D eigenvalue weighted by Crippen LogP contribution is 2.50. The summed E-state index contributed by atoms with van der Waals surface area (Å²) < 4.78 is 66.9. The molecule has 208 valence electrons. The summed E-state index contributed by atoms with van der Waals surface area (Å²) in [6.07, 6.45) is 1.65. The van der Waals surface area contributed by atoms with E-state index in [-0.39, 0.29) is 51.0 Å². The summed E-state index contributed by atoms with van der Waals surface area (Å²) in [5.74, 6) is -6.19. The molecule has 0 amide bonds. The van der Waals surface area contributed by atoms with Crippen LogP contribution in [0, 0.1) is 28.7 Å². The highest BCUT2D eigenvalue weighted by molar-refractivity contribution is 6.05. The van der Waals surface area contributed by atoms with Crippen molar-refractivity contribution in [3.05, 3.63) is 82.6 Å². The average molecular weight is 556 g/mol. The highest BCUT2D eigenvalue weighted by Gasteiger charge is 2.46. The zero-order chi connectivity index (χ0) is 28.9. The molecular weight excluding hydrogens is 530 g/mol. The number of nitrogens with two attached hydrogens (primary N) is 1. The maximum atomic E-state index is 16.1. The van der Waals surface area contributed by atoms with Gasteiger partial charge in [0.1, 0.15) is 11.4 Å². The number of benzene rings is 3. The van der Waals surface area contributed by atoms with E-state index < -0.39 is 46.6 Å². The maximum Gasteiger partial charge on any atom is 0.335 e. The molecule has 0 spiro atoms. The Hall–Kier alpha value is -4.22. The van der Waals surface area contributed by atoms with Crippen molar-refractivity contribution in [3.8, 4) is 16.8 Å². The molecule has 0 bridgehead atoms. The number of nitrogens with one attached hydrogen (secondary N) is 1. The van der Waals surface area contributed by atoms with Gasteiger partial charge in [-0.1, -0.05) is 18.6 Å². The lowest BCUT2D eigenvalue weighted by Crippen LogP contribution is -2.45. The molecule has 5 rings (SSSR count). The summed E-state index contributed by atoms with van der Waals surface area (Å²) in [5, 5.41) is 29.2. The summed E-state index contributed by atoms with van der Waals surface area (Å²) in [6.45, 7) is 0. The largest absolute Gasteiger partial charge is 0.478 e. The maximum absolute atomic E-state index is 16.1. The van der Waals surface area contributed by atoms with Gasteiger partial charge >= 0.3 is 5.97 Å². The third kappa shape index (κ3) is 4.13. The second-order valence-electron chi connectivity index (χ2n) is 9.79. The first-order chi connectivity index (χ1) is 19.0. The SMILES string of the molecule is CO[C@H]1CCCCC1(O)c1c(-c2ccc(C(=O)O)cc2)c2c(F)c(N)c(C=N)cc2n1-c1cc(F)c(F)cc1F. The van der Waals surface area contributed by atoms with Gasteiger partial charge in [-0.05, 0) is 43.0 Å². The van der Waals surface area contributed by atoms with Crippen LogP contribution in [0.1, 0.15) is 47.3 Å². The molecule has 7 nitrogen and oxygen atoms in total. The Morgan fingerprint density at radius 1 is 1.10 bits per heavy atom. The molecule has 1 unspecified atom stereocenters. The van der Waals surface area contributed by atoms with Gasteiger partial charge in [0.2, 0.25) is 0 Å². The van der Waals surface area contributed by atoms with E-state index in [1.54, 1.807) is 0 Å². The zero-order valence-corrected chi connectivity index (χ0v) is 21.3. The van der Waals surface area contributed by atoms with Gasteiger partial charge in [-0.15, -0.1) is 0 Å². The predicted octanol–water partition coefficient (Wildman–Crippen LogP) is 5.91. The third-order valence-corrected chi connectivity index (χ3v) is 7.57. The molecule has 1 heterocycles. The molecular formula is C29H25F4N3O4. The molecule has 2 atom stereocenters. The average Bonchev–Trinajstić information content (AvgIpc) is 3.28. The first kappa shape index (κ1) is 27.4. The van der Waals surface area contributed by atoms with Crippen molar-refractivity contribution in [1.29, 1.82) is 5.41 Å². The Bertz CT molecular complexity index is 1670. The quantitative estimate of drug-likeness (QED) is 0.102. The number of ether oxygens (including phenoxy) is 1. The Morgan fingerprint density at radius 2 is 1.77 bits per heavy atom. The summed E-state index contributed by atoms with van der Waals surface area (Å²) in [4.78, 5) is 11.5. The molecule has 40 heavy (non-hydrogen) atoms. The highest BCUT2D eigenvalue weighted by atomic mass is 19.2. The molecule has 5 N–H and O–H groups in total. The smallest absolute Gasteiger partial charge is 0.335 e. The number of carboxylic acids is 1. The monoisotopic (exact) mass is 555 g/mol. The van der Waals surface area contributed by atoms with Crippen LogP contribution in [0.5, 0.6) is 0 Å². The van der Waals surface area contributed by atoms with Crippen LogP contribution in [0.15, 0.2) is 42.5 Å². The standard InChI is InChI=1S/C29H25F4N3O4/c1-40-22-4-2-3-9-29(22,39)27-23(14-5-7-15(8-6-14)28(37)38)24-21(10-16(13-34)26(35)25(24)33)36(27)20-12-18(31)17(30)11-19(20)32/h5-8,10-13,22,34,39H,2-4,9,35H2,1H3,(H,37,38)/t22-,29?/m0/s1. The van der Waals surface area contributed by atoms with Crippen LogP contribution in [0.2, 0.25) is 0 Å². The van der Waals surface area contributed by atoms with Crippen molar-refractivity contribution in [1.82, 2.24) is 4.57 Å². The van der Waals surface area contributed by atoms with Gasteiger partial charge in [-0.25, -0.2) is 22.4 Å². The number of fused-ring (bicyclic) bond motifs is 1. The molecule has 0 radical (unpaired) electrons. The van der Waals surface area contributed by atoms with Gasteiger partial charge in [0.25, 0.3) is 0 Å². The summed E-state index contributed by atoms with van der Waals surface area (Å²) in [7, 11) is 1.39. The van der Waals surface area contributed by atoms with Gasteiger partial charge in [0.05, 0.1) is 34.3 Å². The van der Waals surface area contributed by atoms with E-state index in [0.717, 1.165) is 10.8 Å². The van der Waals surface area contributed by atoms with E-state index in [9.17, 15) is 23.8 Å². The minimum atomic E-state index is -1.88. The van der Waals surface area contributed by atoms with Gasteiger partial charge in [0.15, 0.2) is 17.5 Å². The Labute approximate surface area is 225 Å². The van der Waals surface area contributed by atoms with Crippen molar-refractivity contribution >= 4 is 28.8 Å². The molecule has 1 aliphatic rings.